The summed E-state index contributed by atoms with van der Waals surface area (Å²) in [4.78, 5) is 28.6. The lowest BCUT2D eigenvalue weighted by molar-refractivity contribution is 0.0946. The van der Waals surface area contributed by atoms with Crippen molar-refractivity contribution in [2.24, 2.45) is 0 Å². The molecule has 0 bridgehead atoms. The maximum Gasteiger partial charge on any atom is 0.267 e. The lowest BCUT2D eigenvalue weighted by atomic mass is 10.2. The third-order valence-electron chi connectivity index (χ3n) is 4.14. The first-order chi connectivity index (χ1) is 10.1. The van der Waals surface area contributed by atoms with E-state index in [0.717, 1.165) is 13.0 Å². The summed E-state index contributed by atoms with van der Waals surface area (Å²) in [6.45, 7) is 3.40. The molecule has 116 valence electrons. The van der Waals surface area contributed by atoms with Gasteiger partial charge in [0.15, 0.2) is 5.43 Å². The van der Waals surface area contributed by atoms with Crippen LogP contribution in [-0.2, 0) is 0 Å². The van der Waals surface area contributed by atoms with Crippen molar-refractivity contribution in [3.63, 3.8) is 0 Å². The van der Waals surface area contributed by atoms with E-state index in [1.807, 2.05) is 0 Å². The molecule has 1 aliphatic carbocycles. The zero-order valence-electron chi connectivity index (χ0n) is 12.9. The van der Waals surface area contributed by atoms with Crippen LogP contribution in [0.2, 0.25) is 0 Å². The molecule has 0 unspecified atom stereocenters. The van der Waals surface area contributed by atoms with Crippen LogP contribution in [0.3, 0.4) is 0 Å². The number of carbonyl (C=O) groups excluding carboxylic acids is 1. The van der Waals surface area contributed by atoms with Crippen molar-refractivity contribution in [3.8, 4) is 0 Å². The highest BCUT2D eigenvalue weighted by Crippen LogP contribution is 2.22. The SMILES string of the molecule is Cc1cc(=O)cc(C(=O)NCCCN(C)C2CCCC2)[nH]1. The molecule has 0 aliphatic heterocycles. The molecule has 1 heterocycles. The largest absolute Gasteiger partial charge is 0.354 e. The Hall–Kier alpha value is -1.62. The molecule has 1 aliphatic rings. The predicted molar refractivity (Wildman–Crippen MR) is 83.6 cm³/mol. The summed E-state index contributed by atoms with van der Waals surface area (Å²) in [5.41, 5.74) is 0.898. The van der Waals surface area contributed by atoms with Crippen molar-refractivity contribution in [3.05, 3.63) is 33.7 Å². The monoisotopic (exact) mass is 291 g/mol. The molecule has 1 saturated carbocycles. The average molecular weight is 291 g/mol. The van der Waals surface area contributed by atoms with Gasteiger partial charge in [0.1, 0.15) is 5.69 Å². The minimum Gasteiger partial charge on any atom is -0.354 e. The lowest BCUT2D eigenvalue weighted by Gasteiger charge is -2.23. The Kier molecular flexibility index (Phi) is 5.56. The van der Waals surface area contributed by atoms with Gasteiger partial charge in [-0.3, -0.25) is 9.59 Å². The molecule has 1 amide bonds. The van der Waals surface area contributed by atoms with E-state index < -0.39 is 0 Å². The number of hydrogen-bond donors (Lipinski definition) is 2. The first-order valence-electron chi connectivity index (χ1n) is 7.75. The van der Waals surface area contributed by atoms with Crippen molar-refractivity contribution in [2.45, 2.75) is 45.1 Å². The molecule has 5 heteroatoms. The van der Waals surface area contributed by atoms with Gasteiger partial charge in [-0.15, -0.1) is 0 Å². The van der Waals surface area contributed by atoms with E-state index in [1.165, 1.54) is 37.8 Å². The van der Waals surface area contributed by atoms with Gasteiger partial charge in [0.25, 0.3) is 5.91 Å². The van der Waals surface area contributed by atoms with Crippen LogP contribution >= 0.6 is 0 Å². The van der Waals surface area contributed by atoms with E-state index in [2.05, 4.69) is 22.2 Å². The number of amides is 1. The third kappa shape index (κ3) is 4.70. The van der Waals surface area contributed by atoms with Crippen LogP contribution in [0.25, 0.3) is 0 Å². The van der Waals surface area contributed by atoms with E-state index in [4.69, 9.17) is 0 Å². The average Bonchev–Trinajstić information content (AvgIpc) is 2.96. The van der Waals surface area contributed by atoms with Crippen LogP contribution in [0.15, 0.2) is 16.9 Å². The number of aromatic nitrogens is 1. The lowest BCUT2D eigenvalue weighted by Crippen LogP contribution is -2.33. The number of aryl methyl sites for hydroxylation is 1. The number of pyridine rings is 1. The summed E-state index contributed by atoms with van der Waals surface area (Å²) < 4.78 is 0. The first kappa shape index (κ1) is 15.8. The summed E-state index contributed by atoms with van der Waals surface area (Å²) in [7, 11) is 2.16. The quantitative estimate of drug-likeness (QED) is 0.784. The topological polar surface area (TPSA) is 65.2 Å². The van der Waals surface area contributed by atoms with Crippen molar-refractivity contribution < 1.29 is 4.79 Å². The van der Waals surface area contributed by atoms with Gasteiger partial charge in [0.2, 0.25) is 0 Å². The predicted octanol–water partition coefficient (Wildman–Crippen LogP) is 1.68. The zero-order valence-corrected chi connectivity index (χ0v) is 12.9. The van der Waals surface area contributed by atoms with Crippen molar-refractivity contribution >= 4 is 5.91 Å². The highest BCUT2D eigenvalue weighted by Gasteiger charge is 2.18. The fourth-order valence-corrected chi connectivity index (χ4v) is 2.96. The van der Waals surface area contributed by atoms with E-state index in [0.29, 0.717) is 24.0 Å². The summed E-state index contributed by atoms with van der Waals surface area (Å²) in [5, 5.41) is 2.86. The second-order valence-corrected chi connectivity index (χ2v) is 5.94. The maximum absolute atomic E-state index is 12.0. The molecule has 5 nitrogen and oxygen atoms in total. The standard InChI is InChI=1S/C16H25N3O2/c1-12-10-14(20)11-15(18-12)16(21)17-8-5-9-19(2)13-6-3-4-7-13/h10-11,13H,3-9H2,1-2H3,(H,17,21)(H,18,20). The van der Waals surface area contributed by atoms with Gasteiger partial charge in [0.05, 0.1) is 0 Å². The molecule has 1 aromatic rings. The number of H-pyrrole nitrogens is 1. The number of nitrogens with one attached hydrogen (secondary N) is 2. The van der Waals surface area contributed by atoms with Crippen molar-refractivity contribution in [2.75, 3.05) is 20.1 Å². The minimum absolute atomic E-state index is 0.141. The fraction of sp³-hybridized carbons (Fsp3) is 0.625. The van der Waals surface area contributed by atoms with E-state index >= 15 is 0 Å². The molecule has 2 N–H and O–H groups in total. The van der Waals surface area contributed by atoms with Crippen LogP contribution in [0, 0.1) is 6.92 Å². The minimum atomic E-state index is -0.209. The molecule has 21 heavy (non-hydrogen) atoms. The summed E-state index contributed by atoms with van der Waals surface area (Å²) in [5.74, 6) is -0.209. The first-order valence-corrected chi connectivity index (χ1v) is 7.75. The third-order valence-corrected chi connectivity index (χ3v) is 4.14. The van der Waals surface area contributed by atoms with E-state index in [-0.39, 0.29) is 11.3 Å². The highest BCUT2D eigenvalue weighted by molar-refractivity contribution is 5.92. The van der Waals surface area contributed by atoms with Crippen LogP contribution < -0.4 is 10.7 Å². The Labute approximate surface area is 125 Å². The number of hydrogen-bond acceptors (Lipinski definition) is 3. The molecule has 0 radical (unpaired) electrons. The molecule has 0 atom stereocenters. The Morgan fingerprint density at radius 1 is 1.38 bits per heavy atom. The summed E-state index contributed by atoms with van der Waals surface area (Å²) in [6, 6.07) is 3.54. The molecule has 0 aromatic carbocycles. The molecule has 1 fully saturated rings. The van der Waals surface area contributed by atoms with Gasteiger partial charge in [-0.25, -0.2) is 0 Å². The second kappa shape index (κ2) is 7.41. The van der Waals surface area contributed by atoms with E-state index in [9.17, 15) is 9.59 Å². The maximum atomic E-state index is 12.0. The molecular weight excluding hydrogens is 266 g/mol. The van der Waals surface area contributed by atoms with Gasteiger partial charge in [-0.05, 0) is 39.8 Å². The van der Waals surface area contributed by atoms with Gasteiger partial charge in [-0.2, -0.15) is 0 Å². The second-order valence-electron chi connectivity index (χ2n) is 5.94. The highest BCUT2D eigenvalue weighted by atomic mass is 16.2. The van der Waals surface area contributed by atoms with Crippen molar-refractivity contribution in [1.82, 2.24) is 15.2 Å². The normalized spacial score (nSPS) is 15.6. The number of carbonyl (C=O) groups is 1. The van der Waals surface area contributed by atoms with Gasteiger partial charge < -0.3 is 15.2 Å². The Morgan fingerprint density at radius 2 is 2.10 bits per heavy atom. The van der Waals surface area contributed by atoms with Crippen LogP contribution in [0.1, 0.15) is 48.3 Å². The number of aromatic amines is 1. The molecule has 0 spiro atoms. The van der Waals surface area contributed by atoms with Gasteiger partial charge >= 0.3 is 0 Å². The Balaban J connectivity index is 1.72. The number of rotatable bonds is 6. The van der Waals surface area contributed by atoms with E-state index in [1.54, 1.807) is 6.92 Å². The molecular formula is C16H25N3O2. The van der Waals surface area contributed by atoms with Gasteiger partial charge in [-0.1, -0.05) is 12.8 Å². The number of nitrogens with zero attached hydrogens (tertiary/aromatic N) is 1. The Morgan fingerprint density at radius 3 is 2.76 bits per heavy atom. The molecule has 2 rings (SSSR count). The smallest absolute Gasteiger partial charge is 0.267 e. The van der Waals surface area contributed by atoms with Crippen molar-refractivity contribution in [1.29, 1.82) is 0 Å². The van der Waals surface area contributed by atoms with Crippen LogP contribution in [-0.4, -0.2) is 42.0 Å². The zero-order chi connectivity index (χ0) is 15.2. The summed E-state index contributed by atoms with van der Waals surface area (Å²) >= 11 is 0. The van der Waals surface area contributed by atoms with Crippen LogP contribution in [0.5, 0.6) is 0 Å². The molecule has 1 aromatic heterocycles. The fourth-order valence-electron chi connectivity index (χ4n) is 2.96. The Bertz CT molecular complexity index is 533. The summed E-state index contributed by atoms with van der Waals surface area (Å²) in [6.07, 6.45) is 6.20. The molecule has 0 saturated heterocycles. The van der Waals surface area contributed by atoms with Crippen LogP contribution in [0.4, 0.5) is 0 Å². The van der Waals surface area contributed by atoms with Gasteiger partial charge in [0, 0.05) is 30.4 Å².